The number of benzene rings is 2. The maximum atomic E-state index is 12.6. The van der Waals surface area contributed by atoms with Crippen molar-refractivity contribution >= 4 is 27.5 Å². The lowest BCUT2D eigenvalue weighted by Gasteiger charge is -2.19. The Bertz CT molecular complexity index is 973. The molecular formula is C21H25NO5S. The molecule has 2 rings (SSSR count). The lowest BCUT2D eigenvalue weighted by atomic mass is 9.86. The van der Waals surface area contributed by atoms with E-state index in [1.165, 1.54) is 31.2 Å². The van der Waals surface area contributed by atoms with Gasteiger partial charge in [0.15, 0.2) is 6.10 Å². The highest BCUT2D eigenvalue weighted by Crippen LogP contribution is 2.23. The molecule has 0 heterocycles. The number of ketones is 1. The molecule has 0 radical (unpaired) electrons. The molecule has 0 saturated carbocycles. The Morgan fingerprint density at radius 3 is 2.14 bits per heavy atom. The van der Waals surface area contributed by atoms with Crippen LogP contribution in [0.5, 0.6) is 0 Å². The van der Waals surface area contributed by atoms with E-state index in [-0.39, 0.29) is 22.4 Å². The Morgan fingerprint density at radius 2 is 1.61 bits per heavy atom. The van der Waals surface area contributed by atoms with Crippen molar-refractivity contribution in [3.05, 3.63) is 65.2 Å². The Morgan fingerprint density at radius 1 is 1.00 bits per heavy atom. The van der Waals surface area contributed by atoms with Gasteiger partial charge in [0.2, 0.25) is 15.8 Å². The third-order valence-electron chi connectivity index (χ3n) is 4.09. The van der Waals surface area contributed by atoms with E-state index in [2.05, 4.69) is 25.5 Å². The monoisotopic (exact) mass is 403 g/mol. The second-order valence-electron chi connectivity index (χ2n) is 7.69. The van der Waals surface area contributed by atoms with Crippen LogP contribution in [-0.4, -0.2) is 32.5 Å². The summed E-state index contributed by atoms with van der Waals surface area (Å²) >= 11 is 0. The van der Waals surface area contributed by atoms with Crippen LogP contribution in [0.2, 0.25) is 0 Å². The van der Waals surface area contributed by atoms with E-state index < -0.39 is 22.1 Å². The molecule has 0 spiro atoms. The summed E-state index contributed by atoms with van der Waals surface area (Å²) in [5, 5.41) is 0. The van der Waals surface area contributed by atoms with Gasteiger partial charge >= 0.3 is 5.97 Å². The van der Waals surface area contributed by atoms with Crippen LogP contribution in [0, 0.1) is 0 Å². The molecule has 2 aromatic rings. The third-order valence-corrected chi connectivity index (χ3v) is 4.70. The minimum Gasteiger partial charge on any atom is -0.451 e. The minimum atomic E-state index is -3.46. The molecule has 1 N–H and O–H groups in total. The molecule has 1 atom stereocenters. The highest BCUT2D eigenvalue weighted by atomic mass is 32.2. The molecule has 0 fully saturated rings. The molecular weight excluding hydrogens is 378 g/mol. The fourth-order valence-electron chi connectivity index (χ4n) is 2.58. The molecule has 0 amide bonds. The number of rotatable bonds is 6. The number of nitrogens with one attached hydrogen (secondary N) is 1. The maximum Gasteiger partial charge on any atom is 0.338 e. The van der Waals surface area contributed by atoms with Crippen LogP contribution < -0.4 is 4.72 Å². The summed E-state index contributed by atoms with van der Waals surface area (Å²) in [5.41, 5.74) is 1.93. The van der Waals surface area contributed by atoms with Gasteiger partial charge in [0.05, 0.1) is 11.8 Å². The summed E-state index contributed by atoms with van der Waals surface area (Å²) < 4.78 is 30.2. The first kappa shape index (κ1) is 21.6. The van der Waals surface area contributed by atoms with E-state index in [0.717, 1.165) is 11.8 Å². The lowest BCUT2D eigenvalue weighted by molar-refractivity contribution is 0.0319. The largest absolute Gasteiger partial charge is 0.451 e. The summed E-state index contributed by atoms with van der Waals surface area (Å²) in [6, 6.07) is 13.1. The summed E-state index contributed by atoms with van der Waals surface area (Å²) in [5.74, 6) is -1.01. The average molecular weight is 404 g/mol. The van der Waals surface area contributed by atoms with Crippen LogP contribution >= 0.6 is 0 Å². The van der Waals surface area contributed by atoms with Crippen molar-refractivity contribution < 1.29 is 22.7 Å². The zero-order chi connectivity index (χ0) is 21.1. The fraction of sp³-hybridized carbons (Fsp3) is 0.333. The number of Topliss-reactive ketones (excluding diaryl/α,β-unsaturated/α-hetero) is 1. The first-order valence-corrected chi connectivity index (χ1v) is 10.7. The van der Waals surface area contributed by atoms with Crippen LogP contribution in [0.25, 0.3) is 0 Å². The zero-order valence-corrected chi connectivity index (χ0v) is 17.5. The third kappa shape index (κ3) is 5.92. The molecule has 28 heavy (non-hydrogen) atoms. The van der Waals surface area contributed by atoms with Gasteiger partial charge < -0.3 is 4.74 Å². The van der Waals surface area contributed by atoms with Crippen molar-refractivity contribution in [1.29, 1.82) is 0 Å². The number of ether oxygens (including phenoxy) is 1. The molecule has 0 aromatic heterocycles. The predicted octanol–water partition coefficient (Wildman–Crippen LogP) is 3.78. The number of carbonyl (C=O) groups excluding carboxylic acids is 2. The minimum absolute atomic E-state index is 0.0231. The maximum absolute atomic E-state index is 12.6. The van der Waals surface area contributed by atoms with Crippen molar-refractivity contribution in [3.63, 3.8) is 0 Å². The van der Waals surface area contributed by atoms with Crippen molar-refractivity contribution in [3.8, 4) is 0 Å². The van der Waals surface area contributed by atoms with Gasteiger partial charge in [-0.15, -0.1) is 0 Å². The topological polar surface area (TPSA) is 89.5 Å². The number of hydrogen-bond acceptors (Lipinski definition) is 5. The smallest absolute Gasteiger partial charge is 0.338 e. The molecule has 0 saturated heterocycles. The van der Waals surface area contributed by atoms with Gasteiger partial charge in [0.25, 0.3) is 0 Å². The number of carbonyl (C=O) groups is 2. The fourth-order valence-corrected chi connectivity index (χ4v) is 3.13. The SMILES string of the molecule is CC(OC(=O)c1cccc(NS(C)(=O)=O)c1)C(=O)c1ccc(C(C)(C)C)cc1. The van der Waals surface area contributed by atoms with Crippen LogP contribution in [0.4, 0.5) is 5.69 Å². The first-order chi connectivity index (χ1) is 12.9. The van der Waals surface area contributed by atoms with E-state index >= 15 is 0 Å². The van der Waals surface area contributed by atoms with Gasteiger partial charge in [0, 0.05) is 11.3 Å². The van der Waals surface area contributed by atoms with Gasteiger partial charge in [-0.3, -0.25) is 9.52 Å². The molecule has 7 heteroatoms. The van der Waals surface area contributed by atoms with Gasteiger partial charge in [0.1, 0.15) is 0 Å². The second-order valence-corrected chi connectivity index (χ2v) is 9.44. The number of sulfonamides is 1. The van der Waals surface area contributed by atoms with Gasteiger partial charge in [-0.05, 0) is 36.1 Å². The highest BCUT2D eigenvalue weighted by molar-refractivity contribution is 7.92. The number of esters is 1. The highest BCUT2D eigenvalue weighted by Gasteiger charge is 2.22. The molecule has 6 nitrogen and oxygen atoms in total. The van der Waals surface area contributed by atoms with Crippen molar-refractivity contribution in [2.45, 2.75) is 39.2 Å². The second kappa shape index (κ2) is 8.14. The first-order valence-electron chi connectivity index (χ1n) is 8.80. The quantitative estimate of drug-likeness (QED) is 0.586. The van der Waals surface area contributed by atoms with Crippen molar-refractivity contribution in [2.75, 3.05) is 11.0 Å². The van der Waals surface area contributed by atoms with E-state index in [4.69, 9.17) is 4.74 Å². The van der Waals surface area contributed by atoms with Crippen LogP contribution in [0.15, 0.2) is 48.5 Å². The number of hydrogen-bond donors (Lipinski definition) is 1. The lowest BCUT2D eigenvalue weighted by Crippen LogP contribution is -2.24. The molecule has 1 unspecified atom stereocenters. The summed E-state index contributed by atoms with van der Waals surface area (Å²) in [4.78, 5) is 24.9. The van der Waals surface area contributed by atoms with Crippen LogP contribution in [0.1, 0.15) is 54.0 Å². The van der Waals surface area contributed by atoms with Gasteiger partial charge in [-0.2, -0.15) is 0 Å². The molecule has 0 aliphatic rings. The summed E-state index contributed by atoms with van der Waals surface area (Å²) in [6.07, 6.45) is 0.0449. The molecule has 2 aromatic carbocycles. The van der Waals surface area contributed by atoms with E-state index in [9.17, 15) is 18.0 Å². The van der Waals surface area contributed by atoms with E-state index in [1.807, 2.05) is 12.1 Å². The Hall–Kier alpha value is -2.67. The average Bonchev–Trinajstić information content (AvgIpc) is 2.59. The molecule has 150 valence electrons. The van der Waals surface area contributed by atoms with Crippen molar-refractivity contribution in [2.24, 2.45) is 0 Å². The van der Waals surface area contributed by atoms with Crippen LogP contribution in [0.3, 0.4) is 0 Å². The zero-order valence-electron chi connectivity index (χ0n) is 16.6. The molecule has 0 aliphatic heterocycles. The Balaban J connectivity index is 2.09. The van der Waals surface area contributed by atoms with Crippen LogP contribution in [-0.2, 0) is 20.2 Å². The summed E-state index contributed by atoms with van der Waals surface area (Å²) in [6.45, 7) is 7.76. The standard InChI is InChI=1S/C21H25NO5S/c1-14(19(23)15-9-11-17(12-10-15)21(2,3)4)27-20(24)16-7-6-8-18(13-16)22-28(5,25)26/h6-14,22H,1-5H3. The van der Waals surface area contributed by atoms with E-state index in [0.29, 0.717) is 5.56 Å². The number of anilines is 1. The van der Waals surface area contributed by atoms with Gasteiger partial charge in [-0.1, -0.05) is 51.1 Å². The summed E-state index contributed by atoms with van der Waals surface area (Å²) in [7, 11) is -3.46. The van der Waals surface area contributed by atoms with E-state index in [1.54, 1.807) is 12.1 Å². The Kier molecular flexibility index (Phi) is 6.29. The predicted molar refractivity (Wildman–Crippen MR) is 109 cm³/mol. The Labute approximate surface area is 166 Å². The normalized spacial score (nSPS) is 12.9. The molecule has 0 bridgehead atoms. The molecule has 0 aliphatic carbocycles. The van der Waals surface area contributed by atoms with Gasteiger partial charge in [-0.25, -0.2) is 13.2 Å². The van der Waals surface area contributed by atoms with Crippen molar-refractivity contribution in [1.82, 2.24) is 0 Å².